The lowest BCUT2D eigenvalue weighted by atomic mass is 9.72. The van der Waals surface area contributed by atoms with E-state index in [-0.39, 0.29) is 44.1 Å². The van der Waals surface area contributed by atoms with Crippen molar-refractivity contribution in [2.24, 2.45) is 17.8 Å². The molecule has 0 spiro atoms. The van der Waals surface area contributed by atoms with Gasteiger partial charge >= 0.3 is 17.9 Å². The lowest BCUT2D eigenvalue weighted by molar-refractivity contribution is -0.345. The van der Waals surface area contributed by atoms with Gasteiger partial charge in [-0.2, -0.15) is 0 Å². The zero-order chi connectivity index (χ0) is 45.7. The highest BCUT2D eigenvalue weighted by molar-refractivity contribution is 5.90. The van der Waals surface area contributed by atoms with Gasteiger partial charge < -0.3 is 93.7 Å². The first-order valence-electron chi connectivity index (χ1n) is 21.7. The van der Waals surface area contributed by atoms with Crippen LogP contribution in [0.4, 0.5) is 0 Å². The number of hydrogen-bond acceptors (Lipinski definition) is 21. The van der Waals surface area contributed by atoms with Gasteiger partial charge in [0.1, 0.15) is 74.6 Å². The Kier molecular flexibility index (Phi) is 17.7. The van der Waals surface area contributed by atoms with Crippen LogP contribution in [0.5, 0.6) is 0 Å². The molecule has 0 aromatic rings. The highest BCUT2D eigenvalue weighted by atomic mass is 16.7. The quantitative estimate of drug-likeness (QED) is 0.0439. The molecule has 0 radical (unpaired) electrons. The third-order valence-electron chi connectivity index (χ3n) is 13.4. The molecular formula is C41H64O22. The van der Waals surface area contributed by atoms with E-state index in [1.54, 1.807) is 6.08 Å². The molecule has 0 aromatic carbocycles. The number of carbonyl (C=O) groups excluding carboxylic acids is 2. The maximum Gasteiger partial charge on any atom is 0.330 e. The van der Waals surface area contributed by atoms with E-state index in [2.05, 4.69) is 0 Å². The summed E-state index contributed by atoms with van der Waals surface area (Å²) in [5.74, 6) is -4.32. The maximum absolute atomic E-state index is 12.7. The smallest absolute Gasteiger partial charge is 0.330 e. The van der Waals surface area contributed by atoms with Crippen molar-refractivity contribution >= 4 is 17.9 Å². The minimum absolute atomic E-state index is 0.0312. The van der Waals surface area contributed by atoms with E-state index in [0.717, 1.165) is 0 Å². The molecule has 22 nitrogen and oxygen atoms in total. The number of esters is 2. The summed E-state index contributed by atoms with van der Waals surface area (Å²) in [6, 6.07) is 0. The number of aliphatic hydroxyl groups excluding tert-OH is 9. The van der Waals surface area contributed by atoms with Crippen LogP contribution in [-0.2, 0) is 57.0 Å². The Morgan fingerprint density at radius 1 is 0.587 bits per heavy atom. The molecule has 0 amide bonds. The second-order valence-electron chi connectivity index (χ2n) is 17.6. The van der Waals surface area contributed by atoms with Gasteiger partial charge in [-0.3, -0.25) is 9.59 Å². The highest BCUT2D eigenvalue weighted by Crippen LogP contribution is 2.45. The topological polar surface area (TPSA) is 337 Å². The number of ether oxygens (including phenoxy) is 9. The standard InChI is InChI=1S/C41H64O22/c1-55-24-9-18(10-25(56-2)32(24)48)39-26(61-41-38(54)36(52)33(49)27(63-41)15-57-30(46)8-5-17-3-6-19(42)7-4-17)13-21-22(59-39)11-20(43)12-23(21)60-40-37(53)35(51)34(50)28(62-40)16-58-31(47)14-29(44)45/h5,8,17-28,32-43,48-54H,3-4,6-7,9-16H2,1-2H3,(H,44,45)/t17?,18?,19?,20?,21?,22?,23?,24?,25?,26?,27-,28-,32?,33-,34-,35-,36-,37-,38-,39?,40-,41-/m0/s1. The monoisotopic (exact) mass is 908 g/mol. The number of methoxy groups -OCH3 is 2. The first kappa shape index (κ1) is 49.9. The Morgan fingerprint density at radius 2 is 1.14 bits per heavy atom. The Labute approximate surface area is 363 Å². The van der Waals surface area contributed by atoms with Crippen molar-refractivity contribution in [3.63, 3.8) is 0 Å². The zero-order valence-electron chi connectivity index (χ0n) is 35.2. The molecule has 3 saturated carbocycles. The van der Waals surface area contributed by atoms with E-state index in [9.17, 15) is 60.3 Å². The summed E-state index contributed by atoms with van der Waals surface area (Å²) in [5.41, 5.74) is 0. The zero-order valence-corrected chi connectivity index (χ0v) is 35.2. The van der Waals surface area contributed by atoms with Crippen molar-refractivity contribution in [1.29, 1.82) is 0 Å². The fraction of sp³-hybridized carbons (Fsp3) is 0.878. The van der Waals surface area contributed by atoms with Gasteiger partial charge in [0, 0.05) is 32.6 Å². The van der Waals surface area contributed by atoms with E-state index < -0.39 is 160 Å². The van der Waals surface area contributed by atoms with Gasteiger partial charge in [0.15, 0.2) is 12.6 Å². The summed E-state index contributed by atoms with van der Waals surface area (Å²) in [5, 5.41) is 106. The van der Waals surface area contributed by atoms with E-state index in [4.69, 9.17) is 47.7 Å². The molecule has 6 rings (SSSR count). The molecule has 6 aliphatic rings. The number of allylic oxidation sites excluding steroid dienone is 1. The third-order valence-corrected chi connectivity index (χ3v) is 13.4. The molecule has 8 unspecified atom stereocenters. The van der Waals surface area contributed by atoms with Crippen LogP contribution in [0.3, 0.4) is 0 Å². The Morgan fingerprint density at radius 3 is 1.70 bits per heavy atom. The highest BCUT2D eigenvalue weighted by Gasteiger charge is 2.55. The van der Waals surface area contributed by atoms with Gasteiger partial charge in [-0.15, -0.1) is 0 Å². The largest absolute Gasteiger partial charge is 0.481 e. The molecule has 22 heteroatoms. The fourth-order valence-corrected chi connectivity index (χ4v) is 9.78. The Balaban J connectivity index is 1.20. The Bertz CT molecular complexity index is 1510. The molecular weight excluding hydrogens is 844 g/mol. The van der Waals surface area contributed by atoms with Crippen LogP contribution in [0.15, 0.2) is 12.2 Å². The number of hydrogen-bond donors (Lipinski definition) is 10. The molecule has 0 bridgehead atoms. The number of aliphatic hydroxyl groups is 9. The summed E-state index contributed by atoms with van der Waals surface area (Å²) in [4.78, 5) is 35.5. The van der Waals surface area contributed by atoms with Crippen LogP contribution < -0.4 is 0 Å². The van der Waals surface area contributed by atoms with Crippen LogP contribution in [0.25, 0.3) is 0 Å². The predicted octanol–water partition coefficient (Wildman–Crippen LogP) is -3.23. The van der Waals surface area contributed by atoms with Gasteiger partial charge in [0.2, 0.25) is 0 Å². The number of rotatable bonds is 15. The first-order valence-corrected chi connectivity index (χ1v) is 21.7. The average Bonchev–Trinajstić information content (AvgIpc) is 3.25. The summed E-state index contributed by atoms with van der Waals surface area (Å²) < 4.78 is 52.7. The molecule has 18 atom stereocenters. The molecule has 3 aliphatic heterocycles. The summed E-state index contributed by atoms with van der Waals surface area (Å²) in [7, 11) is 2.89. The van der Waals surface area contributed by atoms with Crippen LogP contribution in [0.2, 0.25) is 0 Å². The van der Waals surface area contributed by atoms with Gasteiger partial charge in [-0.05, 0) is 63.2 Å². The van der Waals surface area contributed by atoms with Crippen LogP contribution in [0.1, 0.15) is 64.2 Å². The minimum Gasteiger partial charge on any atom is -0.481 e. The molecule has 63 heavy (non-hydrogen) atoms. The molecule has 3 saturated heterocycles. The SMILES string of the molecule is COC1CC(C2OC3CC(O)CC(O[C@H]4O[C@@H](COC(=O)CC(=O)O)[C@H](O)[C@H](O)[C@@H]4O)C3CC2O[C@H]2O[C@@H](COC(=O)C=CC3CCC(O)CC3)[C@H](O)[C@H](O)[C@@H]2O)CC(OC)C1O. The lowest BCUT2D eigenvalue weighted by Gasteiger charge is -2.53. The maximum atomic E-state index is 12.7. The molecule has 10 N–H and O–H groups in total. The van der Waals surface area contributed by atoms with Gasteiger partial charge in [0.25, 0.3) is 0 Å². The van der Waals surface area contributed by atoms with Gasteiger partial charge in [-0.25, -0.2) is 4.79 Å². The minimum atomic E-state index is -1.86. The van der Waals surface area contributed by atoms with Crippen molar-refractivity contribution in [3.8, 4) is 0 Å². The van der Waals surface area contributed by atoms with E-state index in [0.29, 0.717) is 25.7 Å². The number of carboxylic acids is 1. The average molecular weight is 909 g/mol. The van der Waals surface area contributed by atoms with Crippen molar-refractivity contribution < 1.29 is 108 Å². The molecule has 360 valence electrons. The molecule has 3 heterocycles. The van der Waals surface area contributed by atoms with Gasteiger partial charge in [0.05, 0.1) is 48.8 Å². The van der Waals surface area contributed by atoms with Crippen molar-refractivity contribution in [2.75, 3.05) is 27.4 Å². The number of aliphatic carboxylic acids is 1. The van der Waals surface area contributed by atoms with Crippen LogP contribution in [-0.4, -0.2) is 213 Å². The normalized spacial score (nSPS) is 45.9. The van der Waals surface area contributed by atoms with E-state index in [1.165, 1.54) is 20.3 Å². The summed E-state index contributed by atoms with van der Waals surface area (Å²) in [6.07, 6.45) is -18.8. The Hall–Kier alpha value is -2.49. The number of fused-ring (bicyclic) bond motifs is 1. The molecule has 0 aromatic heterocycles. The second kappa shape index (κ2) is 22.3. The van der Waals surface area contributed by atoms with E-state index in [1.807, 2.05) is 0 Å². The van der Waals surface area contributed by atoms with E-state index >= 15 is 0 Å². The number of carboxylic acid groups (broad SMARTS) is 1. The molecule has 6 fully saturated rings. The third kappa shape index (κ3) is 12.3. The van der Waals surface area contributed by atoms with Crippen molar-refractivity contribution in [1.82, 2.24) is 0 Å². The van der Waals surface area contributed by atoms with Crippen LogP contribution >= 0.6 is 0 Å². The summed E-state index contributed by atoms with van der Waals surface area (Å²) in [6.45, 7) is -1.21. The summed E-state index contributed by atoms with van der Waals surface area (Å²) >= 11 is 0. The number of carbonyl (C=O) groups is 3. The predicted molar refractivity (Wildman–Crippen MR) is 207 cm³/mol. The second-order valence-corrected chi connectivity index (χ2v) is 17.6. The molecule has 3 aliphatic carbocycles. The van der Waals surface area contributed by atoms with Crippen molar-refractivity contribution in [2.45, 2.75) is 181 Å². The van der Waals surface area contributed by atoms with Crippen molar-refractivity contribution in [3.05, 3.63) is 12.2 Å². The van der Waals surface area contributed by atoms with Gasteiger partial charge in [-0.1, -0.05) is 6.08 Å². The van der Waals surface area contributed by atoms with Crippen LogP contribution in [0, 0.1) is 17.8 Å². The first-order chi connectivity index (χ1) is 30.0. The lowest BCUT2D eigenvalue weighted by Crippen LogP contribution is -2.64. The fourth-order valence-electron chi connectivity index (χ4n) is 9.78.